The Morgan fingerprint density at radius 3 is 2.30 bits per heavy atom. The number of hydrogen-bond acceptors (Lipinski definition) is 4. The number of benzene rings is 2. The Hall–Kier alpha value is -2.99. The highest BCUT2D eigenvalue weighted by Crippen LogP contribution is 2.26. The number of rotatable bonds is 5. The van der Waals surface area contributed by atoms with Gasteiger partial charge in [-0.3, -0.25) is 4.79 Å². The summed E-state index contributed by atoms with van der Waals surface area (Å²) >= 11 is 0. The maximum Gasteiger partial charge on any atom is 0.276 e. The molecule has 1 saturated heterocycles. The van der Waals surface area contributed by atoms with E-state index in [0.717, 1.165) is 24.0 Å². The minimum atomic E-state index is -0.169. The highest BCUT2D eigenvalue weighted by Gasteiger charge is 2.31. The first-order chi connectivity index (χ1) is 13.3. The van der Waals surface area contributed by atoms with Gasteiger partial charge in [-0.05, 0) is 24.0 Å². The number of aromatic nitrogens is 3. The van der Waals surface area contributed by atoms with Crippen molar-refractivity contribution in [3.8, 4) is 0 Å². The molecule has 0 bridgehead atoms. The molecule has 1 aliphatic rings. The van der Waals surface area contributed by atoms with Gasteiger partial charge in [0.15, 0.2) is 5.69 Å². The summed E-state index contributed by atoms with van der Waals surface area (Å²) < 4.78 is 1.74. The zero-order valence-electron chi connectivity index (χ0n) is 15.0. The number of aliphatic hydroxyl groups is 1. The Bertz CT molecular complexity index is 855. The smallest absolute Gasteiger partial charge is 0.276 e. The predicted octanol–water partition coefficient (Wildman–Crippen LogP) is 2.51. The van der Waals surface area contributed by atoms with Crippen LogP contribution in [-0.4, -0.2) is 50.1 Å². The predicted molar refractivity (Wildman–Crippen MR) is 101 cm³/mol. The topological polar surface area (TPSA) is 71.2 Å². The van der Waals surface area contributed by atoms with Gasteiger partial charge in [0.2, 0.25) is 0 Å². The SMILES string of the molecule is O=C(c1cn(C(c2ccccc2)c2ccccc2)nn1)N1CCC[C@H]1CO. The van der Waals surface area contributed by atoms with Crippen molar-refractivity contribution in [3.63, 3.8) is 0 Å². The van der Waals surface area contributed by atoms with Crippen LogP contribution in [0, 0.1) is 0 Å². The van der Waals surface area contributed by atoms with Crippen molar-refractivity contribution in [2.45, 2.75) is 24.9 Å². The Morgan fingerprint density at radius 2 is 1.70 bits per heavy atom. The molecule has 2 heterocycles. The summed E-state index contributed by atoms with van der Waals surface area (Å²) in [4.78, 5) is 14.5. The molecule has 1 aliphatic heterocycles. The van der Waals surface area contributed by atoms with E-state index < -0.39 is 0 Å². The van der Waals surface area contributed by atoms with Crippen molar-refractivity contribution in [1.29, 1.82) is 0 Å². The fraction of sp³-hybridized carbons (Fsp3) is 0.286. The fourth-order valence-electron chi connectivity index (χ4n) is 3.71. The molecule has 0 radical (unpaired) electrons. The van der Waals surface area contributed by atoms with E-state index in [1.807, 2.05) is 60.7 Å². The van der Waals surface area contributed by atoms with Gasteiger partial charge in [0.05, 0.1) is 18.8 Å². The number of aliphatic hydroxyl groups excluding tert-OH is 1. The monoisotopic (exact) mass is 362 g/mol. The van der Waals surface area contributed by atoms with Gasteiger partial charge in [-0.15, -0.1) is 5.10 Å². The van der Waals surface area contributed by atoms with Crippen molar-refractivity contribution in [2.24, 2.45) is 0 Å². The van der Waals surface area contributed by atoms with E-state index in [0.29, 0.717) is 12.2 Å². The molecular formula is C21H22N4O2. The zero-order valence-corrected chi connectivity index (χ0v) is 15.0. The van der Waals surface area contributed by atoms with Gasteiger partial charge in [0.1, 0.15) is 6.04 Å². The third-order valence-electron chi connectivity index (χ3n) is 5.07. The minimum absolute atomic E-state index is 0.0173. The molecule has 6 nitrogen and oxygen atoms in total. The number of likely N-dealkylation sites (tertiary alicyclic amines) is 1. The normalized spacial score (nSPS) is 16.8. The molecule has 6 heteroatoms. The first kappa shape index (κ1) is 17.4. The first-order valence-corrected chi connectivity index (χ1v) is 9.21. The van der Waals surface area contributed by atoms with Crippen LogP contribution in [-0.2, 0) is 0 Å². The minimum Gasteiger partial charge on any atom is -0.394 e. The second-order valence-corrected chi connectivity index (χ2v) is 6.78. The standard InChI is InChI=1S/C21H22N4O2/c26-15-18-12-7-13-24(18)21(27)19-14-25(23-22-19)20(16-8-3-1-4-9-16)17-10-5-2-6-11-17/h1-6,8-11,14,18,20,26H,7,12-13,15H2/t18-/m0/s1. The Balaban J connectivity index is 1.67. The second kappa shape index (κ2) is 7.72. The van der Waals surface area contributed by atoms with Crippen molar-refractivity contribution < 1.29 is 9.90 Å². The van der Waals surface area contributed by atoms with E-state index in [1.165, 1.54) is 0 Å². The number of hydrogen-bond donors (Lipinski definition) is 1. The first-order valence-electron chi connectivity index (χ1n) is 9.21. The van der Waals surface area contributed by atoms with Gasteiger partial charge in [0, 0.05) is 6.54 Å². The van der Waals surface area contributed by atoms with Crippen molar-refractivity contribution >= 4 is 5.91 Å². The van der Waals surface area contributed by atoms with Gasteiger partial charge in [-0.1, -0.05) is 65.9 Å². The zero-order chi connectivity index (χ0) is 18.6. The molecule has 0 unspecified atom stereocenters. The van der Waals surface area contributed by atoms with E-state index in [2.05, 4.69) is 10.3 Å². The van der Waals surface area contributed by atoms with Crippen LogP contribution in [0.4, 0.5) is 0 Å². The lowest BCUT2D eigenvalue weighted by Gasteiger charge is -2.21. The van der Waals surface area contributed by atoms with Crippen molar-refractivity contribution in [2.75, 3.05) is 13.2 Å². The van der Waals surface area contributed by atoms with Crippen LogP contribution in [0.15, 0.2) is 66.9 Å². The molecule has 1 fully saturated rings. The number of carbonyl (C=O) groups is 1. The summed E-state index contributed by atoms with van der Waals surface area (Å²) in [6.07, 6.45) is 3.44. The molecule has 1 amide bonds. The van der Waals surface area contributed by atoms with Gasteiger partial charge in [-0.25, -0.2) is 4.68 Å². The Morgan fingerprint density at radius 1 is 1.07 bits per heavy atom. The Labute approximate surface area is 158 Å². The summed E-state index contributed by atoms with van der Waals surface area (Å²) in [5, 5.41) is 17.9. The number of carbonyl (C=O) groups excluding carboxylic acids is 1. The maximum absolute atomic E-state index is 12.8. The highest BCUT2D eigenvalue weighted by atomic mass is 16.3. The second-order valence-electron chi connectivity index (χ2n) is 6.78. The van der Waals surface area contributed by atoms with E-state index in [1.54, 1.807) is 15.8 Å². The van der Waals surface area contributed by atoms with Crippen LogP contribution in [0.1, 0.15) is 40.5 Å². The van der Waals surface area contributed by atoms with E-state index >= 15 is 0 Å². The molecule has 138 valence electrons. The van der Waals surface area contributed by atoms with E-state index in [4.69, 9.17) is 0 Å². The van der Waals surface area contributed by atoms with Gasteiger partial charge in [-0.2, -0.15) is 0 Å². The van der Waals surface area contributed by atoms with E-state index in [-0.39, 0.29) is 24.6 Å². The van der Waals surface area contributed by atoms with Crippen LogP contribution >= 0.6 is 0 Å². The third-order valence-corrected chi connectivity index (χ3v) is 5.07. The fourth-order valence-corrected chi connectivity index (χ4v) is 3.71. The van der Waals surface area contributed by atoms with Gasteiger partial charge >= 0.3 is 0 Å². The van der Waals surface area contributed by atoms with Crippen LogP contribution in [0.2, 0.25) is 0 Å². The van der Waals surface area contributed by atoms with Crippen molar-refractivity contribution in [3.05, 3.63) is 83.7 Å². The summed E-state index contributed by atoms with van der Waals surface area (Å²) in [7, 11) is 0. The average molecular weight is 362 g/mol. The highest BCUT2D eigenvalue weighted by molar-refractivity contribution is 5.92. The van der Waals surface area contributed by atoms with Crippen molar-refractivity contribution in [1.82, 2.24) is 19.9 Å². The molecule has 0 saturated carbocycles. The van der Waals surface area contributed by atoms with E-state index in [9.17, 15) is 9.90 Å². The number of amides is 1. The Kier molecular flexibility index (Phi) is 4.98. The molecule has 4 rings (SSSR count). The summed E-state index contributed by atoms with van der Waals surface area (Å²) in [6, 6.07) is 19.8. The van der Waals surface area contributed by atoms with Crippen LogP contribution < -0.4 is 0 Å². The summed E-state index contributed by atoms with van der Waals surface area (Å²) in [5.74, 6) is -0.169. The molecule has 0 spiro atoms. The lowest BCUT2D eigenvalue weighted by molar-refractivity contribution is 0.0671. The van der Waals surface area contributed by atoms with Gasteiger partial charge < -0.3 is 10.0 Å². The molecule has 1 atom stereocenters. The van der Waals surface area contributed by atoms with Crippen LogP contribution in [0.3, 0.4) is 0 Å². The number of nitrogens with zero attached hydrogens (tertiary/aromatic N) is 4. The van der Waals surface area contributed by atoms with Gasteiger partial charge in [0.25, 0.3) is 5.91 Å². The molecule has 0 aliphatic carbocycles. The molecule has 1 aromatic heterocycles. The summed E-state index contributed by atoms with van der Waals surface area (Å²) in [5.41, 5.74) is 2.45. The molecular weight excluding hydrogens is 340 g/mol. The molecule has 2 aromatic carbocycles. The van der Waals surface area contributed by atoms with Crippen LogP contribution in [0.5, 0.6) is 0 Å². The maximum atomic E-state index is 12.8. The third kappa shape index (κ3) is 3.48. The lowest BCUT2D eigenvalue weighted by atomic mass is 9.99. The molecule has 27 heavy (non-hydrogen) atoms. The average Bonchev–Trinajstić information content (AvgIpc) is 3.39. The van der Waals surface area contributed by atoms with Crippen LogP contribution in [0.25, 0.3) is 0 Å². The lowest BCUT2D eigenvalue weighted by Crippen LogP contribution is -2.37. The molecule has 3 aromatic rings. The summed E-state index contributed by atoms with van der Waals surface area (Å²) in [6.45, 7) is 0.633. The largest absolute Gasteiger partial charge is 0.394 e. The quantitative estimate of drug-likeness (QED) is 0.757. The molecule has 1 N–H and O–H groups in total.